The summed E-state index contributed by atoms with van der Waals surface area (Å²) in [4.78, 5) is 16.0. The number of pyridine rings is 1. The van der Waals surface area contributed by atoms with E-state index in [1.54, 1.807) is 18.2 Å². The summed E-state index contributed by atoms with van der Waals surface area (Å²) in [6.07, 6.45) is 2.83. The summed E-state index contributed by atoms with van der Waals surface area (Å²) in [5.74, 6) is -0.103. The summed E-state index contributed by atoms with van der Waals surface area (Å²) in [6, 6.07) is 9.78. The summed E-state index contributed by atoms with van der Waals surface area (Å²) in [6.45, 7) is 1.85. The fraction of sp³-hybridized carbons (Fsp3) is 0.250. The topological polar surface area (TPSA) is 68.0 Å². The zero-order chi connectivity index (χ0) is 15.2. The lowest BCUT2D eigenvalue weighted by molar-refractivity contribution is -0.119. The first-order valence-corrected chi connectivity index (χ1v) is 6.81. The van der Waals surface area contributed by atoms with Crippen LogP contribution in [0.3, 0.4) is 0 Å². The second-order valence-corrected chi connectivity index (χ2v) is 5.03. The summed E-state index contributed by atoms with van der Waals surface area (Å²) >= 11 is 0. The number of nitrogens with one attached hydrogen (secondary N) is 1. The molecule has 0 aliphatic rings. The third-order valence-corrected chi connectivity index (χ3v) is 3.26. The molecule has 2 aromatic rings. The molecule has 0 spiro atoms. The average molecular weight is 324 g/mol. The van der Waals surface area contributed by atoms with Crippen molar-refractivity contribution in [2.24, 2.45) is 5.92 Å². The minimum Gasteiger partial charge on any atom is -0.384 e. The average Bonchev–Trinajstić information content (AvgIpc) is 2.47. The van der Waals surface area contributed by atoms with Crippen molar-refractivity contribution in [1.29, 1.82) is 0 Å². The van der Waals surface area contributed by atoms with Gasteiger partial charge in [-0.3, -0.25) is 4.79 Å². The number of anilines is 2. The Kier molecular flexibility index (Phi) is 6.79. The number of halogens is 2. The van der Waals surface area contributed by atoms with Gasteiger partial charge in [0.2, 0.25) is 5.91 Å². The van der Waals surface area contributed by atoms with Crippen molar-refractivity contribution in [3.63, 3.8) is 0 Å². The molecule has 0 bridgehead atoms. The van der Waals surface area contributed by atoms with Crippen molar-refractivity contribution in [1.82, 2.24) is 4.98 Å². The molecule has 0 aliphatic heterocycles. The number of carbonyl (C=O) groups is 1. The Balaban J connectivity index is 0.00000242. The maximum Gasteiger partial charge on any atom is 0.227 e. The number of hydrogen-bond acceptors (Lipinski definition) is 3. The second-order valence-electron chi connectivity index (χ2n) is 5.03. The van der Waals surface area contributed by atoms with Crippen molar-refractivity contribution in [3.8, 4) is 0 Å². The Morgan fingerprint density at radius 1 is 1.36 bits per heavy atom. The molecule has 0 radical (unpaired) electrons. The second kappa shape index (κ2) is 8.34. The lowest BCUT2D eigenvalue weighted by atomic mass is 10.0. The molecule has 3 N–H and O–H groups in total. The number of nitrogens with two attached hydrogens (primary N) is 1. The maximum atomic E-state index is 13.1. The van der Waals surface area contributed by atoms with Crippen LogP contribution < -0.4 is 11.1 Å². The third-order valence-electron chi connectivity index (χ3n) is 3.26. The van der Waals surface area contributed by atoms with Gasteiger partial charge in [-0.1, -0.05) is 19.1 Å². The molecule has 1 amide bonds. The molecule has 0 aliphatic carbocycles. The van der Waals surface area contributed by atoms with Crippen molar-refractivity contribution in [3.05, 3.63) is 54.0 Å². The quantitative estimate of drug-likeness (QED) is 0.885. The number of nitrogen functional groups attached to an aromatic ring is 1. The molecule has 0 saturated heterocycles. The van der Waals surface area contributed by atoms with Gasteiger partial charge in [-0.2, -0.15) is 0 Å². The Labute approximate surface area is 135 Å². The maximum absolute atomic E-state index is 13.1. The monoisotopic (exact) mass is 323 g/mol. The Hall–Kier alpha value is -2.14. The van der Waals surface area contributed by atoms with Crippen LogP contribution in [0.1, 0.15) is 18.9 Å². The van der Waals surface area contributed by atoms with E-state index in [-0.39, 0.29) is 30.0 Å². The first-order chi connectivity index (χ1) is 10.0. The number of carbonyl (C=O) groups excluding carboxylic acids is 1. The van der Waals surface area contributed by atoms with Crippen LogP contribution in [0.4, 0.5) is 15.9 Å². The van der Waals surface area contributed by atoms with Gasteiger partial charge < -0.3 is 11.1 Å². The number of hydrogen-bond donors (Lipinski definition) is 2. The molecule has 1 aromatic carbocycles. The molecule has 2 rings (SSSR count). The van der Waals surface area contributed by atoms with Crippen LogP contribution in [0.5, 0.6) is 0 Å². The van der Waals surface area contributed by atoms with Gasteiger partial charge in [0.15, 0.2) is 0 Å². The van der Waals surface area contributed by atoms with E-state index in [1.807, 2.05) is 13.0 Å². The van der Waals surface area contributed by atoms with E-state index in [4.69, 9.17) is 5.73 Å². The Bertz CT molecular complexity index is 619. The fourth-order valence-corrected chi connectivity index (χ4v) is 1.95. The Morgan fingerprint density at radius 3 is 2.77 bits per heavy atom. The predicted octanol–water partition coefficient (Wildman–Crippen LogP) is 3.43. The third kappa shape index (κ3) is 5.33. The smallest absolute Gasteiger partial charge is 0.227 e. The highest BCUT2D eigenvalue weighted by molar-refractivity contribution is 5.92. The minimum atomic E-state index is -0.252. The largest absolute Gasteiger partial charge is 0.384 e. The number of aryl methyl sites for hydroxylation is 1. The highest BCUT2D eigenvalue weighted by atomic mass is 35.5. The lowest BCUT2D eigenvalue weighted by Crippen LogP contribution is -2.21. The molecule has 118 valence electrons. The minimum absolute atomic E-state index is 0. The summed E-state index contributed by atoms with van der Waals surface area (Å²) < 4.78 is 13.1. The molecule has 1 atom stereocenters. The number of aromatic nitrogens is 1. The summed E-state index contributed by atoms with van der Waals surface area (Å²) in [5, 5.41) is 2.79. The van der Waals surface area contributed by atoms with Crippen LogP contribution >= 0.6 is 12.4 Å². The van der Waals surface area contributed by atoms with Gasteiger partial charge in [0, 0.05) is 5.92 Å². The number of amides is 1. The van der Waals surface area contributed by atoms with E-state index < -0.39 is 0 Å². The molecule has 1 unspecified atom stereocenters. The van der Waals surface area contributed by atoms with E-state index in [1.165, 1.54) is 18.3 Å². The number of nitrogens with zero attached hydrogens (tertiary/aromatic N) is 1. The molecule has 1 aromatic heterocycles. The summed E-state index contributed by atoms with van der Waals surface area (Å²) in [7, 11) is 0. The molecule has 6 heteroatoms. The van der Waals surface area contributed by atoms with Crippen molar-refractivity contribution in [2.45, 2.75) is 19.8 Å². The SMILES string of the molecule is CC(CCc1cccc(F)c1)C(=O)Nc1ccc(N)nc1.Cl. The van der Waals surface area contributed by atoms with Crippen LogP contribution in [-0.2, 0) is 11.2 Å². The van der Waals surface area contributed by atoms with E-state index >= 15 is 0 Å². The highest BCUT2D eigenvalue weighted by Crippen LogP contribution is 2.14. The molecule has 0 fully saturated rings. The molecule has 4 nitrogen and oxygen atoms in total. The summed E-state index contributed by atoms with van der Waals surface area (Å²) in [5.41, 5.74) is 7.00. The van der Waals surface area contributed by atoms with Crippen molar-refractivity contribution in [2.75, 3.05) is 11.1 Å². The number of benzene rings is 1. The van der Waals surface area contributed by atoms with Gasteiger partial charge in [-0.15, -0.1) is 12.4 Å². The first-order valence-electron chi connectivity index (χ1n) is 6.81. The fourth-order valence-electron chi connectivity index (χ4n) is 1.95. The van der Waals surface area contributed by atoms with Crippen molar-refractivity contribution < 1.29 is 9.18 Å². The van der Waals surface area contributed by atoms with Gasteiger partial charge in [-0.25, -0.2) is 9.37 Å². The van der Waals surface area contributed by atoms with E-state index in [9.17, 15) is 9.18 Å². The number of rotatable bonds is 5. The van der Waals surface area contributed by atoms with E-state index in [0.717, 1.165) is 5.56 Å². The van der Waals surface area contributed by atoms with Gasteiger partial charge in [0.05, 0.1) is 11.9 Å². The zero-order valence-corrected chi connectivity index (χ0v) is 13.1. The predicted molar refractivity (Wildman–Crippen MR) is 88.4 cm³/mol. The molecule has 22 heavy (non-hydrogen) atoms. The lowest BCUT2D eigenvalue weighted by Gasteiger charge is -2.12. The van der Waals surface area contributed by atoms with Crippen LogP contribution in [-0.4, -0.2) is 10.9 Å². The normalized spacial score (nSPS) is 11.4. The van der Waals surface area contributed by atoms with Crippen molar-refractivity contribution >= 4 is 29.8 Å². The van der Waals surface area contributed by atoms with Gasteiger partial charge in [0.25, 0.3) is 0 Å². The van der Waals surface area contributed by atoms with Gasteiger partial charge in [-0.05, 0) is 42.7 Å². The van der Waals surface area contributed by atoms with Gasteiger partial charge >= 0.3 is 0 Å². The van der Waals surface area contributed by atoms with Crippen LogP contribution in [0.2, 0.25) is 0 Å². The van der Waals surface area contributed by atoms with Gasteiger partial charge in [0.1, 0.15) is 11.6 Å². The van der Waals surface area contributed by atoms with Crippen LogP contribution in [0.15, 0.2) is 42.6 Å². The molecule has 0 saturated carbocycles. The Morgan fingerprint density at radius 2 is 2.14 bits per heavy atom. The molecular formula is C16H19ClFN3O. The zero-order valence-electron chi connectivity index (χ0n) is 12.3. The highest BCUT2D eigenvalue weighted by Gasteiger charge is 2.13. The van der Waals surface area contributed by atoms with Crippen LogP contribution in [0, 0.1) is 11.7 Å². The standard InChI is InChI=1S/C16H18FN3O.ClH/c1-11(5-6-12-3-2-4-13(17)9-12)16(21)20-14-7-8-15(18)19-10-14;/h2-4,7-11H,5-6H2,1H3,(H2,18,19)(H,20,21);1H. The van der Waals surface area contributed by atoms with E-state index in [2.05, 4.69) is 10.3 Å². The molecular weight excluding hydrogens is 305 g/mol. The first kappa shape index (κ1) is 17.9. The van der Waals surface area contributed by atoms with E-state index in [0.29, 0.717) is 24.3 Å². The van der Waals surface area contributed by atoms with Crippen LogP contribution in [0.25, 0.3) is 0 Å². The molecule has 1 heterocycles.